The number of benzene rings is 1. The molecular weight excluding hydrogens is 421 g/mol. The van der Waals surface area contributed by atoms with Crippen molar-refractivity contribution in [1.29, 1.82) is 0 Å². The minimum Gasteiger partial charge on any atom is -0.365 e. The Morgan fingerprint density at radius 3 is 2.97 bits per heavy atom. The maximum Gasteiger partial charge on any atom is 0.124 e. The molecule has 32 heavy (non-hydrogen) atoms. The van der Waals surface area contributed by atoms with E-state index in [4.69, 9.17) is 9.97 Å². The third-order valence-corrected chi connectivity index (χ3v) is 7.50. The summed E-state index contributed by atoms with van der Waals surface area (Å²) in [6.45, 7) is 4.94. The molecule has 2 aromatic heterocycles. The van der Waals surface area contributed by atoms with Gasteiger partial charge in [0.25, 0.3) is 0 Å². The summed E-state index contributed by atoms with van der Waals surface area (Å²) >= 11 is 1.72. The number of nitrogens with zero attached hydrogens (tertiary/aromatic N) is 4. The lowest BCUT2D eigenvalue weighted by atomic mass is 10.0. The standard InChI is InChI=1S/C25H28FN5S/c1-3-21-29-23-24(22-18(7-5-11-27-22)15-28-25(23)32-21)31-13-12-30(2)20(16-31)10-9-17-6-4-8-19(26)14-17/h4-8,11,14-15,20,28H,3,9-10,12-13,16H2,1-2H3. The van der Waals surface area contributed by atoms with E-state index in [0.717, 1.165) is 76.4 Å². The van der Waals surface area contributed by atoms with Gasteiger partial charge in [0.15, 0.2) is 0 Å². The first-order valence-corrected chi connectivity index (χ1v) is 12.1. The monoisotopic (exact) mass is 449 g/mol. The average Bonchev–Trinajstić information content (AvgIpc) is 3.15. The number of nitrogens with one attached hydrogen (secondary N) is 1. The largest absolute Gasteiger partial charge is 0.365 e. The van der Waals surface area contributed by atoms with E-state index in [2.05, 4.69) is 35.2 Å². The van der Waals surface area contributed by atoms with Gasteiger partial charge in [-0.25, -0.2) is 9.37 Å². The van der Waals surface area contributed by atoms with Crippen LogP contribution < -0.4 is 15.9 Å². The van der Waals surface area contributed by atoms with Crippen LogP contribution >= 0.6 is 11.3 Å². The predicted molar refractivity (Wildman–Crippen MR) is 128 cm³/mol. The van der Waals surface area contributed by atoms with Gasteiger partial charge in [-0.2, -0.15) is 0 Å². The van der Waals surface area contributed by atoms with E-state index in [1.807, 2.05) is 24.5 Å². The van der Waals surface area contributed by atoms with Crippen molar-refractivity contribution in [1.82, 2.24) is 19.8 Å². The highest BCUT2D eigenvalue weighted by Gasteiger charge is 2.30. The number of thiazole rings is 1. The van der Waals surface area contributed by atoms with E-state index in [9.17, 15) is 4.39 Å². The van der Waals surface area contributed by atoms with Gasteiger partial charge in [0, 0.05) is 43.3 Å². The highest BCUT2D eigenvalue weighted by Crippen LogP contribution is 2.32. The molecule has 2 aliphatic heterocycles. The van der Waals surface area contributed by atoms with Crippen molar-refractivity contribution in [2.24, 2.45) is 0 Å². The highest BCUT2D eigenvalue weighted by molar-refractivity contribution is 7.16. The Bertz CT molecular complexity index is 1240. The molecule has 7 heteroatoms. The molecule has 5 nitrogen and oxygen atoms in total. The van der Waals surface area contributed by atoms with Crippen LogP contribution in [-0.2, 0) is 12.8 Å². The van der Waals surface area contributed by atoms with Gasteiger partial charge in [-0.05, 0) is 56.1 Å². The van der Waals surface area contributed by atoms with Crippen molar-refractivity contribution in [3.05, 3.63) is 75.2 Å². The molecule has 3 aromatic rings. The SMILES string of the molecule is CCc1nc2c(s1)NC=c1cccnc1=C2N1CCN(C)C(CCc2cccc(F)c2)C1. The number of hydrogen-bond donors (Lipinski definition) is 1. The molecule has 0 bridgehead atoms. The van der Waals surface area contributed by atoms with Crippen molar-refractivity contribution in [2.45, 2.75) is 32.2 Å². The van der Waals surface area contributed by atoms with Gasteiger partial charge in [-0.3, -0.25) is 9.88 Å². The lowest BCUT2D eigenvalue weighted by molar-refractivity contribution is 0.127. The van der Waals surface area contributed by atoms with E-state index >= 15 is 0 Å². The molecule has 1 N–H and O–H groups in total. The molecule has 1 unspecified atom stereocenters. The molecule has 2 aliphatic rings. The van der Waals surface area contributed by atoms with Crippen LogP contribution in [0.15, 0.2) is 42.6 Å². The molecule has 4 heterocycles. The quantitative estimate of drug-likeness (QED) is 0.649. The van der Waals surface area contributed by atoms with Gasteiger partial charge < -0.3 is 10.2 Å². The fourth-order valence-electron chi connectivity index (χ4n) is 4.55. The third kappa shape index (κ3) is 4.14. The summed E-state index contributed by atoms with van der Waals surface area (Å²) in [5, 5.41) is 7.76. The summed E-state index contributed by atoms with van der Waals surface area (Å²) in [4.78, 5) is 14.7. The second-order valence-corrected chi connectivity index (χ2v) is 9.55. The second kappa shape index (κ2) is 9.00. The zero-order chi connectivity index (χ0) is 22.1. The first-order valence-electron chi connectivity index (χ1n) is 11.2. The van der Waals surface area contributed by atoms with Crippen LogP contribution in [0.4, 0.5) is 9.39 Å². The lowest BCUT2D eigenvalue weighted by Crippen LogP contribution is -2.52. The van der Waals surface area contributed by atoms with E-state index in [1.54, 1.807) is 23.5 Å². The topological polar surface area (TPSA) is 44.3 Å². The van der Waals surface area contributed by atoms with E-state index in [0.29, 0.717) is 6.04 Å². The summed E-state index contributed by atoms with van der Waals surface area (Å²) in [7, 11) is 2.19. The number of anilines is 1. The smallest absolute Gasteiger partial charge is 0.124 e. The zero-order valence-corrected chi connectivity index (χ0v) is 19.3. The Labute approximate surface area is 191 Å². The summed E-state index contributed by atoms with van der Waals surface area (Å²) in [6.07, 6.45) is 6.67. The van der Waals surface area contributed by atoms with Gasteiger partial charge >= 0.3 is 0 Å². The van der Waals surface area contributed by atoms with Crippen LogP contribution in [0.2, 0.25) is 0 Å². The number of halogens is 1. The fraction of sp³-hybridized carbons (Fsp3) is 0.360. The molecule has 0 radical (unpaired) electrons. The maximum absolute atomic E-state index is 13.6. The molecule has 0 spiro atoms. The van der Waals surface area contributed by atoms with Crippen LogP contribution in [0.3, 0.4) is 0 Å². The first kappa shape index (κ1) is 21.1. The molecule has 1 fully saturated rings. The Kier molecular flexibility index (Phi) is 5.93. The summed E-state index contributed by atoms with van der Waals surface area (Å²) in [5.74, 6) is -0.163. The minimum atomic E-state index is -0.163. The Morgan fingerprint density at radius 2 is 2.12 bits per heavy atom. The van der Waals surface area contributed by atoms with Gasteiger partial charge in [0.2, 0.25) is 0 Å². The zero-order valence-electron chi connectivity index (χ0n) is 18.5. The van der Waals surface area contributed by atoms with Crippen LogP contribution in [0.25, 0.3) is 11.9 Å². The summed E-state index contributed by atoms with van der Waals surface area (Å²) in [5.41, 5.74) is 3.18. The fourth-order valence-corrected chi connectivity index (χ4v) is 5.42. The Morgan fingerprint density at radius 1 is 1.22 bits per heavy atom. The van der Waals surface area contributed by atoms with Crippen LogP contribution in [0.1, 0.15) is 29.6 Å². The first-order chi connectivity index (χ1) is 15.6. The molecule has 5 rings (SSSR count). The molecule has 0 amide bonds. The van der Waals surface area contributed by atoms with E-state index in [-0.39, 0.29) is 5.82 Å². The average molecular weight is 450 g/mol. The number of piperazine rings is 1. The predicted octanol–water partition coefficient (Wildman–Crippen LogP) is 2.81. The molecule has 166 valence electrons. The van der Waals surface area contributed by atoms with E-state index in [1.165, 1.54) is 6.07 Å². The molecule has 1 aromatic carbocycles. The number of likely N-dealkylation sites (N-methyl/N-ethyl adjacent to an activating group) is 1. The summed E-state index contributed by atoms with van der Waals surface area (Å²) in [6, 6.07) is 11.4. The number of pyridine rings is 1. The minimum absolute atomic E-state index is 0.163. The highest BCUT2D eigenvalue weighted by atomic mass is 32.1. The molecule has 0 saturated carbocycles. The van der Waals surface area contributed by atoms with Gasteiger partial charge in [-0.15, -0.1) is 11.3 Å². The molecule has 1 saturated heterocycles. The van der Waals surface area contributed by atoms with Crippen molar-refractivity contribution >= 4 is 28.2 Å². The lowest BCUT2D eigenvalue weighted by Gasteiger charge is -2.41. The number of fused-ring (bicyclic) bond motifs is 2. The van der Waals surface area contributed by atoms with Crippen molar-refractivity contribution in [3.63, 3.8) is 0 Å². The number of rotatable bonds is 5. The van der Waals surface area contributed by atoms with Gasteiger partial charge in [0.1, 0.15) is 16.5 Å². The van der Waals surface area contributed by atoms with Crippen LogP contribution in [0.5, 0.6) is 0 Å². The molecule has 0 aliphatic carbocycles. The normalized spacial score (nSPS) is 18.4. The molecular formula is C25H28FN5S. The number of aromatic nitrogens is 2. The maximum atomic E-state index is 13.6. The van der Waals surface area contributed by atoms with Crippen molar-refractivity contribution < 1.29 is 4.39 Å². The third-order valence-electron chi connectivity index (χ3n) is 6.37. The Balaban J connectivity index is 1.48. The summed E-state index contributed by atoms with van der Waals surface area (Å²) < 4.78 is 13.6. The van der Waals surface area contributed by atoms with E-state index < -0.39 is 0 Å². The number of aryl methyl sites for hydroxylation is 2. The number of hydrogen-bond acceptors (Lipinski definition) is 6. The van der Waals surface area contributed by atoms with Gasteiger partial charge in [0.05, 0.1) is 16.1 Å². The van der Waals surface area contributed by atoms with Crippen molar-refractivity contribution in [2.75, 3.05) is 32.0 Å². The van der Waals surface area contributed by atoms with Crippen LogP contribution in [0, 0.1) is 5.82 Å². The van der Waals surface area contributed by atoms with Gasteiger partial charge in [-0.1, -0.05) is 19.1 Å². The molecule has 1 atom stereocenters. The van der Waals surface area contributed by atoms with Crippen LogP contribution in [-0.4, -0.2) is 52.5 Å². The second-order valence-electron chi connectivity index (χ2n) is 8.47. The Hall–Kier alpha value is -2.77. The van der Waals surface area contributed by atoms with Crippen molar-refractivity contribution in [3.8, 4) is 0 Å².